The van der Waals surface area contributed by atoms with Crippen LogP contribution in [-0.4, -0.2) is 33.2 Å². The second-order valence-electron chi connectivity index (χ2n) is 5.90. The lowest BCUT2D eigenvalue weighted by Gasteiger charge is -2.26. The fourth-order valence-electron chi connectivity index (χ4n) is 2.69. The van der Waals surface area contributed by atoms with E-state index in [4.69, 9.17) is 0 Å². The van der Waals surface area contributed by atoms with Crippen LogP contribution in [-0.2, 0) is 22.6 Å². The molecule has 0 atom stereocenters. The van der Waals surface area contributed by atoms with Crippen molar-refractivity contribution in [2.45, 2.75) is 31.7 Å². The molecule has 1 fully saturated rings. The van der Waals surface area contributed by atoms with Crippen LogP contribution >= 0.6 is 11.3 Å². The Balaban J connectivity index is 1.39. The Morgan fingerprint density at radius 1 is 1.26 bits per heavy atom. The maximum atomic E-state index is 12.3. The van der Waals surface area contributed by atoms with E-state index in [9.17, 15) is 9.59 Å². The van der Waals surface area contributed by atoms with Crippen molar-refractivity contribution in [2.75, 3.05) is 11.9 Å². The molecule has 1 aliphatic heterocycles. The molecular weight excluding hydrogens is 312 g/mol. The molecule has 2 amide bonds. The number of thiophene rings is 1. The van der Waals surface area contributed by atoms with Crippen LogP contribution < -0.4 is 5.32 Å². The summed E-state index contributed by atoms with van der Waals surface area (Å²) >= 11 is 1.63. The SMILES string of the molecule is O=C(Nc1cnc(C2CC2)nc1)C(=O)N1CCc2ccsc2C1. The third-order valence-electron chi connectivity index (χ3n) is 4.18. The van der Waals surface area contributed by atoms with Gasteiger partial charge in [0.05, 0.1) is 24.6 Å². The van der Waals surface area contributed by atoms with Crippen LogP contribution in [0.15, 0.2) is 23.8 Å². The van der Waals surface area contributed by atoms with E-state index in [0.29, 0.717) is 24.7 Å². The molecule has 118 valence electrons. The number of aromatic nitrogens is 2. The number of hydrogen-bond donors (Lipinski definition) is 1. The second kappa shape index (κ2) is 5.73. The van der Waals surface area contributed by atoms with Crippen LogP contribution in [0.4, 0.5) is 5.69 Å². The van der Waals surface area contributed by atoms with Crippen molar-refractivity contribution >= 4 is 28.8 Å². The third-order valence-corrected chi connectivity index (χ3v) is 5.12. The number of amides is 2. The Morgan fingerprint density at radius 2 is 2.04 bits per heavy atom. The summed E-state index contributed by atoms with van der Waals surface area (Å²) in [5, 5.41) is 4.62. The summed E-state index contributed by atoms with van der Waals surface area (Å²) in [5.74, 6) is 0.147. The molecular formula is C16H16N4O2S. The van der Waals surface area contributed by atoms with Crippen LogP contribution in [0.3, 0.4) is 0 Å². The highest BCUT2D eigenvalue weighted by molar-refractivity contribution is 7.10. The molecule has 3 heterocycles. The van der Waals surface area contributed by atoms with Crippen LogP contribution in [0.1, 0.15) is 35.0 Å². The van der Waals surface area contributed by atoms with Crippen molar-refractivity contribution in [1.29, 1.82) is 0 Å². The van der Waals surface area contributed by atoms with Crippen LogP contribution in [0.25, 0.3) is 0 Å². The Hall–Kier alpha value is -2.28. The van der Waals surface area contributed by atoms with Crippen molar-refractivity contribution in [1.82, 2.24) is 14.9 Å². The number of carbonyl (C=O) groups excluding carboxylic acids is 2. The minimum Gasteiger partial charge on any atom is -0.329 e. The van der Waals surface area contributed by atoms with E-state index < -0.39 is 11.8 Å². The van der Waals surface area contributed by atoms with Crippen LogP contribution in [0.5, 0.6) is 0 Å². The lowest BCUT2D eigenvalue weighted by Crippen LogP contribution is -2.42. The Kier molecular flexibility index (Phi) is 3.57. The molecule has 1 N–H and O–H groups in total. The van der Waals surface area contributed by atoms with Gasteiger partial charge in [0, 0.05) is 17.3 Å². The molecule has 1 saturated carbocycles. The van der Waals surface area contributed by atoms with Gasteiger partial charge in [0.25, 0.3) is 0 Å². The average molecular weight is 328 g/mol. The first kappa shape index (κ1) is 14.3. The van der Waals surface area contributed by atoms with Gasteiger partial charge in [-0.25, -0.2) is 9.97 Å². The van der Waals surface area contributed by atoms with E-state index in [0.717, 1.165) is 30.0 Å². The number of fused-ring (bicyclic) bond motifs is 1. The van der Waals surface area contributed by atoms with Crippen LogP contribution in [0.2, 0.25) is 0 Å². The van der Waals surface area contributed by atoms with Gasteiger partial charge in [0.1, 0.15) is 5.82 Å². The molecule has 0 spiro atoms. The number of anilines is 1. The van der Waals surface area contributed by atoms with Crippen molar-refractivity contribution in [3.8, 4) is 0 Å². The van der Waals surface area contributed by atoms with Gasteiger partial charge in [0.2, 0.25) is 0 Å². The highest BCUT2D eigenvalue weighted by atomic mass is 32.1. The van der Waals surface area contributed by atoms with Crippen molar-refractivity contribution in [3.63, 3.8) is 0 Å². The summed E-state index contributed by atoms with van der Waals surface area (Å²) < 4.78 is 0. The summed E-state index contributed by atoms with van der Waals surface area (Å²) in [4.78, 5) is 35.7. The Morgan fingerprint density at radius 3 is 2.78 bits per heavy atom. The number of hydrogen-bond acceptors (Lipinski definition) is 5. The maximum Gasteiger partial charge on any atom is 0.314 e. The number of nitrogens with one attached hydrogen (secondary N) is 1. The van der Waals surface area contributed by atoms with Crippen molar-refractivity contribution < 1.29 is 9.59 Å². The fraction of sp³-hybridized carbons (Fsp3) is 0.375. The first-order valence-corrected chi connectivity index (χ1v) is 8.56. The van der Waals surface area contributed by atoms with Gasteiger partial charge in [-0.2, -0.15) is 0 Å². The normalized spacial score (nSPS) is 16.8. The zero-order valence-electron chi connectivity index (χ0n) is 12.5. The summed E-state index contributed by atoms with van der Waals surface area (Å²) in [6.45, 7) is 1.09. The van der Waals surface area contributed by atoms with Gasteiger partial charge in [-0.05, 0) is 36.3 Å². The molecule has 1 aliphatic carbocycles. The topological polar surface area (TPSA) is 75.2 Å². The lowest BCUT2D eigenvalue weighted by molar-refractivity contribution is -0.143. The first-order chi connectivity index (χ1) is 11.2. The van der Waals surface area contributed by atoms with E-state index in [1.54, 1.807) is 28.6 Å². The van der Waals surface area contributed by atoms with E-state index in [-0.39, 0.29) is 0 Å². The fourth-order valence-corrected chi connectivity index (χ4v) is 3.64. The van der Waals surface area contributed by atoms with E-state index in [2.05, 4.69) is 21.4 Å². The summed E-state index contributed by atoms with van der Waals surface area (Å²) in [7, 11) is 0. The molecule has 6 nitrogen and oxygen atoms in total. The monoisotopic (exact) mass is 328 g/mol. The average Bonchev–Trinajstić information content (AvgIpc) is 3.32. The highest BCUT2D eigenvalue weighted by Gasteiger charge is 2.28. The lowest BCUT2D eigenvalue weighted by atomic mass is 10.1. The zero-order chi connectivity index (χ0) is 15.8. The standard InChI is InChI=1S/C16H16N4O2S/c21-15(19-12-7-17-14(18-8-12)11-1-2-11)16(22)20-5-3-10-4-6-23-13(10)9-20/h4,6-8,11H,1-3,5,9H2,(H,19,21). The molecule has 0 unspecified atom stereocenters. The number of rotatable bonds is 2. The minimum absolute atomic E-state index is 0.460. The molecule has 0 bridgehead atoms. The van der Waals surface area contributed by atoms with E-state index in [1.165, 1.54) is 5.56 Å². The summed E-state index contributed by atoms with van der Waals surface area (Å²) in [6.07, 6.45) is 6.20. The van der Waals surface area contributed by atoms with Crippen molar-refractivity contribution in [2.24, 2.45) is 0 Å². The van der Waals surface area contributed by atoms with Gasteiger partial charge < -0.3 is 10.2 Å². The first-order valence-electron chi connectivity index (χ1n) is 7.68. The molecule has 2 aliphatic rings. The maximum absolute atomic E-state index is 12.3. The predicted molar refractivity (Wildman–Crippen MR) is 86.1 cm³/mol. The largest absolute Gasteiger partial charge is 0.329 e. The molecule has 0 radical (unpaired) electrons. The van der Waals surface area contributed by atoms with E-state index >= 15 is 0 Å². The van der Waals surface area contributed by atoms with Gasteiger partial charge in [-0.15, -0.1) is 11.3 Å². The molecule has 4 rings (SSSR count). The predicted octanol–water partition coefficient (Wildman–Crippen LogP) is 1.94. The third kappa shape index (κ3) is 2.96. The molecule has 23 heavy (non-hydrogen) atoms. The smallest absolute Gasteiger partial charge is 0.314 e. The number of carbonyl (C=O) groups is 2. The van der Waals surface area contributed by atoms with Gasteiger partial charge in [0.15, 0.2) is 0 Å². The molecule has 0 aromatic carbocycles. The number of nitrogens with zero attached hydrogens (tertiary/aromatic N) is 3. The van der Waals surface area contributed by atoms with E-state index in [1.807, 2.05) is 5.38 Å². The zero-order valence-corrected chi connectivity index (χ0v) is 13.3. The molecule has 0 saturated heterocycles. The molecule has 2 aromatic heterocycles. The highest BCUT2D eigenvalue weighted by Crippen LogP contribution is 2.37. The van der Waals surface area contributed by atoms with Gasteiger partial charge >= 0.3 is 11.8 Å². The molecule has 7 heteroatoms. The summed E-state index contributed by atoms with van der Waals surface area (Å²) in [6, 6.07) is 2.08. The summed E-state index contributed by atoms with van der Waals surface area (Å²) in [5.41, 5.74) is 1.74. The van der Waals surface area contributed by atoms with Gasteiger partial charge in [-0.1, -0.05) is 0 Å². The molecule has 2 aromatic rings. The minimum atomic E-state index is -0.632. The van der Waals surface area contributed by atoms with Gasteiger partial charge in [-0.3, -0.25) is 9.59 Å². The Bertz CT molecular complexity index is 752. The Labute approximate surface area is 137 Å². The second-order valence-corrected chi connectivity index (χ2v) is 6.90. The quantitative estimate of drug-likeness (QED) is 0.855. The van der Waals surface area contributed by atoms with Crippen LogP contribution in [0, 0.1) is 0 Å². The van der Waals surface area contributed by atoms with Crippen molar-refractivity contribution in [3.05, 3.63) is 40.1 Å².